The third kappa shape index (κ3) is 2.00. The van der Waals surface area contributed by atoms with E-state index in [0.717, 1.165) is 11.1 Å². The van der Waals surface area contributed by atoms with Gasteiger partial charge in [0.1, 0.15) is 0 Å². The van der Waals surface area contributed by atoms with Crippen molar-refractivity contribution in [2.45, 2.75) is 12.7 Å². The van der Waals surface area contributed by atoms with E-state index in [-0.39, 0.29) is 11.3 Å². The zero-order chi connectivity index (χ0) is 11.9. The van der Waals surface area contributed by atoms with Crippen molar-refractivity contribution in [3.8, 4) is 0 Å². The minimum atomic E-state index is -3.16. The molecule has 2 rings (SSSR count). The highest BCUT2D eigenvalue weighted by Gasteiger charge is 2.15. The number of hydrogen-bond donors (Lipinski definition) is 0. The van der Waals surface area contributed by atoms with Gasteiger partial charge in [-0.05, 0) is 6.92 Å². The average Bonchev–Trinajstić information content (AvgIpc) is 2.42. The molecule has 0 saturated carbocycles. The molecule has 7 heteroatoms. The lowest BCUT2D eigenvalue weighted by atomic mass is 10.4. The summed E-state index contributed by atoms with van der Waals surface area (Å²) in [6.45, 7) is 1.79. The van der Waals surface area contributed by atoms with Gasteiger partial charge >= 0.3 is 0 Å². The van der Waals surface area contributed by atoms with Crippen LogP contribution in [0, 0.1) is 6.92 Å². The monoisotopic (exact) mass is 258 g/mol. The number of aryl methyl sites for hydroxylation is 1. The lowest BCUT2D eigenvalue weighted by Crippen LogP contribution is -2.16. The van der Waals surface area contributed by atoms with E-state index >= 15 is 0 Å². The molecule has 0 saturated heterocycles. The van der Waals surface area contributed by atoms with E-state index in [0.29, 0.717) is 10.7 Å². The molecule has 2 heterocycles. The first kappa shape index (κ1) is 11.3. The van der Waals surface area contributed by atoms with Crippen LogP contribution in [0.25, 0.3) is 4.96 Å². The quantitative estimate of drug-likeness (QED) is 0.791. The lowest BCUT2D eigenvalue weighted by Gasteiger charge is -2.00. The first-order chi connectivity index (χ1) is 7.38. The smallest absolute Gasteiger partial charge is 0.258 e. The molecule has 0 aromatic carbocycles. The maximum absolute atomic E-state index is 11.6. The van der Waals surface area contributed by atoms with Crippen LogP contribution < -0.4 is 5.56 Å². The summed E-state index contributed by atoms with van der Waals surface area (Å²) in [6.07, 6.45) is 2.58. The molecule has 16 heavy (non-hydrogen) atoms. The number of aromatic nitrogens is 2. The number of nitrogens with zero attached hydrogens (tertiary/aromatic N) is 2. The van der Waals surface area contributed by atoms with E-state index in [2.05, 4.69) is 4.98 Å². The first-order valence-electron chi connectivity index (χ1n) is 4.52. The third-order valence-corrected chi connectivity index (χ3v) is 3.94. The third-order valence-electron chi connectivity index (χ3n) is 2.13. The van der Waals surface area contributed by atoms with Gasteiger partial charge in [0, 0.05) is 23.4 Å². The molecule has 0 unspecified atom stereocenters. The van der Waals surface area contributed by atoms with E-state index in [1.807, 2.05) is 0 Å². The fraction of sp³-hybridized carbons (Fsp3) is 0.333. The zero-order valence-electron chi connectivity index (χ0n) is 8.80. The Morgan fingerprint density at radius 3 is 2.81 bits per heavy atom. The van der Waals surface area contributed by atoms with E-state index < -0.39 is 9.84 Å². The maximum Gasteiger partial charge on any atom is 0.258 e. The zero-order valence-corrected chi connectivity index (χ0v) is 10.4. The van der Waals surface area contributed by atoms with Crippen molar-refractivity contribution < 1.29 is 8.42 Å². The normalized spacial score (nSPS) is 12.1. The summed E-state index contributed by atoms with van der Waals surface area (Å²) in [5.41, 5.74) is 0.272. The van der Waals surface area contributed by atoms with Gasteiger partial charge in [-0.15, -0.1) is 11.3 Å². The average molecular weight is 258 g/mol. The molecule has 0 spiro atoms. The Balaban J connectivity index is 2.78. The van der Waals surface area contributed by atoms with Gasteiger partial charge in [-0.1, -0.05) is 0 Å². The lowest BCUT2D eigenvalue weighted by molar-refractivity contribution is 0.600. The highest BCUT2D eigenvalue weighted by molar-refractivity contribution is 7.89. The van der Waals surface area contributed by atoms with Crippen LogP contribution in [-0.2, 0) is 15.6 Å². The van der Waals surface area contributed by atoms with Gasteiger partial charge in [-0.25, -0.2) is 13.4 Å². The Labute approximate surface area is 96.3 Å². The number of fused-ring (bicyclic) bond motifs is 1. The molecule has 86 valence electrons. The van der Waals surface area contributed by atoms with Gasteiger partial charge < -0.3 is 0 Å². The summed E-state index contributed by atoms with van der Waals surface area (Å²) in [5, 5.41) is 0. The minimum Gasteiger partial charge on any atom is -0.269 e. The van der Waals surface area contributed by atoms with Crippen LogP contribution in [0.4, 0.5) is 0 Å². The summed E-state index contributed by atoms with van der Waals surface area (Å²) >= 11 is 1.32. The van der Waals surface area contributed by atoms with Gasteiger partial charge in [0.15, 0.2) is 14.8 Å². The number of sulfone groups is 1. The Bertz CT molecular complexity index is 697. The van der Waals surface area contributed by atoms with Crippen molar-refractivity contribution in [2.24, 2.45) is 0 Å². The van der Waals surface area contributed by atoms with Crippen molar-refractivity contribution >= 4 is 26.1 Å². The summed E-state index contributed by atoms with van der Waals surface area (Å²) < 4.78 is 23.9. The van der Waals surface area contributed by atoms with Gasteiger partial charge in [0.25, 0.3) is 5.56 Å². The largest absolute Gasteiger partial charge is 0.269 e. The second-order valence-corrected chi connectivity index (χ2v) is 6.90. The molecule has 0 atom stereocenters. The Kier molecular flexibility index (Phi) is 2.59. The molecule has 2 aromatic heterocycles. The fourth-order valence-electron chi connectivity index (χ4n) is 1.48. The van der Waals surface area contributed by atoms with Gasteiger partial charge in [-0.3, -0.25) is 9.20 Å². The summed E-state index contributed by atoms with van der Waals surface area (Å²) in [4.78, 5) is 17.0. The molecule has 0 aliphatic carbocycles. The number of rotatable bonds is 2. The molecule has 0 bridgehead atoms. The second kappa shape index (κ2) is 3.67. The summed E-state index contributed by atoms with van der Waals surface area (Å²) in [7, 11) is -3.16. The van der Waals surface area contributed by atoms with Crippen LogP contribution in [0.3, 0.4) is 0 Å². The van der Waals surface area contributed by atoms with Crippen molar-refractivity contribution in [1.29, 1.82) is 0 Å². The van der Waals surface area contributed by atoms with Crippen LogP contribution in [0.5, 0.6) is 0 Å². The fourth-order valence-corrected chi connectivity index (χ4v) is 3.37. The molecule has 0 amide bonds. The van der Waals surface area contributed by atoms with Crippen molar-refractivity contribution in [1.82, 2.24) is 9.38 Å². The molecule has 5 nitrogen and oxygen atoms in total. The van der Waals surface area contributed by atoms with Crippen LogP contribution in [0.15, 0.2) is 17.1 Å². The highest BCUT2D eigenvalue weighted by atomic mass is 32.2. The predicted octanol–water partition coefficient (Wildman–Crippen LogP) is 0.609. The van der Waals surface area contributed by atoms with Gasteiger partial charge in [-0.2, -0.15) is 0 Å². The Morgan fingerprint density at radius 1 is 1.50 bits per heavy atom. The van der Waals surface area contributed by atoms with Crippen LogP contribution in [0.1, 0.15) is 10.6 Å². The van der Waals surface area contributed by atoms with E-state index in [1.165, 1.54) is 28.0 Å². The summed E-state index contributed by atoms with van der Waals surface area (Å²) in [6, 6.07) is 1.32. The molecule has 0 N–H and O–H groups in total. The molecule has 2 aromatic rings. The minimum absolute atomic E-state index is 0.134. The molecular formula is C9H10N2O3S2. The van der Waals surface area contributed by atoms with Crippen LogP contribution in [0.2, 0.25) is 0 Å². The molecule has 0 fully saturated rings. The number of thiazole rings is 1. The van der Waals surface area contributed by atoms with Gasteiger partial charge in [0.05, 0.1) is 11.4 Å². The topological polar surface area (TPSA) is 68.5 Å². The number of hydrogen-bond acceptors (Lipinski definition) is 5. The predicted molar refractivity (Wildman–Crippen MR) is 62.6 cm³/mol. The first-order valence-corrected chi connectivity index (χ1v) is 7.40. The van der Waals surface area contributed by atoms with Gasteiger partial charge in [0.2, 0.25) is 0 Å². The SMILES string of the molecule is Cc1sc2nccc(=O)n2c1CS(C)(=O)=O. The molecule has 0 radical (unpaired) electrons. The Morgan fingerprint density at radius 2 is 2.19 bits per heavy atom. The molecule has 0 aliphatic rings. The summed E-state index contributed by atoms with van der Waals surface area (Å²) in [5.74, 6) is -0.134. The Hall–Kier alpha value is -1.21. The molecular weight excluding hydrogens is 248 g/mol. The van der Waals surface area contributed by atoms with Crippen molar-refractivity contribution in [3.05, 3.63) is 33.2 Å². The standard InChI is InChI=1S/C9H10N2O3S2/c1-6-7(5-16(2,13)14)11-8(12)3-4-10-9(11)15-6/h3-4H,5H2,1-2H3. The van der Waals surface area contributed by atoms with Crippen molar-refractivity contribution in [3.63, 3.8) is 0 Å². The van der Waals surface area contributed by atoms with E-state index in [9.17, 15) is 13.2 Å². The van der Waals surface area contributed by atoms with Crippen LogP contribution in [-0.4, -0.2) is 24.1 Å². The highest BCUT2D eigenvalue weighted by Crippen LogP contribution is 2.20. The van der Waals surface area contributed by atoms with E-state index in [1.54, 1.807) is 6.92 Å². The van der Waals surface area contributed by atoms with Crippen LogP contribution >= 0.6 is 11.3 Å². The molecule has 0 aliphatic heterocycles. The maximum atomic E-state index is 11.6. The van der Waals surface area contributed by atoms with E-state index in [4.69, 9.17) is 0 Å². The second-order valence-electron chi connectivity index (χ2n) is 3.58. The van der Waals surface area contributed by atoms with Crippen molar-refractivity contribution in [2.75, 3.05) is 6.26 Å².